The van der Waals surface area contributed by atoms with Gasteiger partial charge in [0.2, 0.25) is 0 Å². The van der Waals surface area contributed by atoms with Gasteiger partial charge >= 0.3 is 0 Å². The number of hydrogen-bond acceptors (Lipinski definition) is 2. The summed E-state index contributed by atoms with van der Waals surface area (Å²) in [5.41, 5.74) is 0. The summed E-state index contributed by atoms with van der Waals surface area (Å²) in [5, 5.41) is 3.68. The van der Waals surface area contributed by atoms with Crippen LogP contribution in [-0.2, 0) is 0 Å². The lowest BCUT2D eigenvalue weighted by Gasteiger charge is -2.31. The zero-order valence-corrected chi connectivity index (χ0v) is 14.3. The summed E-state index contributed by atoms with van der Waals surface area (Å²) in [6, 6.07) is 0.872. The highest BCUT2D eigenvalue weighted by Crippen LogP contribution is 2.21. The van der Waals surface area contributed by atoms with Crippen LogP contribution in [0.3, 0.4) is 0 Å². The minimum absolute atomic E-state index is 0.872. The van der Waals surface area contributed by atoms with Crippen molar-refractivity contribution in [2.24, 2.45) is 5.92 Å². The molecular weight excluding hydrogens is 244 g/mol. The SMILES string of the molecule is CCCCC(CC)CNCCCN(C)C1CCCCC1. The van der Waals surface area contributed by atoms with Gasteiger partial charge < -0.3 is 10.2 Å². The minimum Gasteiger partial charge on any atom is -0.316 e. The Morgan fingerprint density at radius 1 is 1.10 bits per heavy atom. The summed E-state index contributed by atoms with van der Waals surface area (Å²) >= 11 is 0. The Kier molecular flexibility index (Phi) is 10.4. The maximum Gasteiger partial charge on any atom is 0.00922 e. The van der Waals surface area contributed by atoms with E-state index in [0.29, 0.717) is 0 Å². The fourth-order valence-corrected chi connectivity index (χ4v) is 3.41. The van der Waals surface area contributed by atoms with E-state index >= 15 is 0 Å². The van der Waals surface area contributed by atoms with E-state index in [4.69, 9.17) is 0 Å². The van der Waals surface area contributed by atoms with Gasteiger partial charge in [-0.05, 0) is 58.3 Å². The Hall–Kier alpha value is -0.0800. The molecule has 2 heteroatoms. The van der Waals surface area contributed by atoms with Crippen molar-refractivity contribution in [3.05, 3.63) is 0 Å². The molecule has 1 aliphatic rings. The van der Waals surface area contributed by atoms with Crippen LogP contribution in [0.4, 0.5) is 0 Å². The predicted molar refractivity (Wildman–Crippen MR) is 90.3 cm³/mol. The molecule has 0 aromatic carbocycles. The highest BCUT2D eigenvalue weighted by molar-refractivity contribution is 4.73. The van der Waals surface area contributed by atoms with E-state index in [9.17, 15) is 0 Å². The molecule has 0 bridgehead atoms. The van der Waals surface area contributed by atoms with Crippen molar-refractivity contribution < 1.29 is 0 Å². The number of nitrogens with one attached hydrogen (secondary N) is 1. The topological polar surface area (TPSA) is 15.3 Å². The van der Waals surface area contributed by atoms with Gasteiger partial charge in [0.15, 0.2) is 0 Å². The largest absolute Gasteiger partial charge is 0.316 e. The van der Waals surface area contributed by atoms with Crippen molar-refractivity contribution in [2.45, 2.75) is 84.1 Å². The highest BCUT2D eigenvalue weighted by atomic mass is 15.1. The summed E-state index contributed by atoms with van der Waals surface area (Å²) in [7, 11) is 2.33. The number of hydrogen-bond donors (Lipinski definition) is 1. The second kappa shape index (κ2) is 11.6. The summed E-state index contributed by atoms with van der Waals surface area (Å²) in [6.07, 6.45) is 14.0. The first-order valence-electron chi connectivity index (χ1n) is 9.18. The predicted octanol–water partition coefficient (Wildman–Crippen LogP) is 4.45. The van der Waals surface area contributed by atoms with Crippen LogP contribution < -0.4 is 5.32 Å². The quantitative estimate of drug-likeness (QED) is 0.563. The Morgan fingerprint density at radius 3 is 2.50 bits per heavy atom. The zero-order valence-electron chi connectivity index (χ0n) is 14.3. The first-order valence-corrected chi connectivity index (χ1v) is 9.18. The second-order valence-electron chi connectivity index (χ2n) is 6.75. The Bertz CT molecular complexity index is 211. The second-order valence-corrected chi connectivity index (χ2v) is 6.75. The average molecular weight is 283 g/mol. The lowest BCUT2D eigenvalue weighted by molar-refractivity contribution is 0.189. The van der Waals surface area contributed by atoms with E-state index in [-0.39, 0.29) is 0 Å². The smallest absolute Gasteiger partial charge is 0.00922 e. The third-order valence-corrected chi connectivity index (χ3v) is 5.04. The number of unbranched alkanes of at least 4 members (excludes halogenated alkanes) is 1. The van der Waals surface area contributed by atoms with Crippen LogP contribution in [0, 0.1) is 5.92 Å². The Balaban J connectivity index is 2.00. The first kappa shape index (κ1) is 18.0. The molecule has 0 radical (unpaired) electrons. The standard InChI is InChI=1S/C18H38N2/c1-4-6-11-17(5-2)16-19-14-10-15-20(3)18-12-8-7-9-13-18/h17-19H,4-16H2,1-3H3. The fraction of sp³-hybridized carbons (Fsp3) is 1.00. The number of nitrogens with zero attached hydrogens (tertiary/aromatic N) is 1. The fourth-order valence-electron chi connectivity index (χ4n) is 3.41. The summed E-state index contributed by atoms with van der Waals surface area (Å²) < 4.78 is 0. The van der Waals surface area contributed by atoms with Crippen LogP contribution in [0.5, 0.6) is 0 Å². The van der Waals surface area contributed by atoms with E-state index in [2.05, 4.69) is 31.1 Å². The van der Waals surface area contributed by atoms with Crippen LogP contribution >= 0.6 is 0 Å². The third-order valence-electron chi connectivity index (χ3n) is 5.04. The molecule has 20 heavy (non-hydrogen) atoms. The van der Waals surface area contributed by atoms with Gasteiger partial charge in [0.05, 0.1) is 0 Å². The third kappa shape index (κ3) is 7.64. The molecule has 1 fully saturated rings. The summed E-state index contributed by atoms with van der Waals surface area (Å²) in [5.74, 6) is 0.894. The van der Waals surface area contributed by atoms with E-state index < -0.39 is 0 Å². The van der Waals surface area contributed by atoms with Crippen molar-refractivity contribution >= 4 is 0 Å². The molecule has 0 aromatic heterocycles. The highest BCUT2D eigenvalue weighted by Gasteiger charge is 2.17. The van der Waals surface area contributed by atoms with Crippen LogP contribution in [0.1, 0.15) is 78.1 Å². The summed E-state index contributed by atoms with van der Waals surface area (Å²) in [6.45, 7) is 8.31. The zero-order chi connectivity index (χ0) is 14.6. The molecule has 0 saturated heterocycles. The summed E-state index contributed by atoms with van der Waals surface area (Å²) in [4.78, 5) is 2.61. The molecule has 0 spiro atoms. The molecule has 1 rings (SSSR count). The Morgan fingerprint density at radius 2 is 1.85 bits per heavy atom. The average Bonchev–Trinajstić information content (AvgIpc) is 2.50. The molecule has 1 aliphatic carbocycles. The molecule has 0 heterocycles. The van der Waals surface area contributed by atoms with Crippen LogP contribution in [0.15, 0.2) is 0 Å². The molecule has 0 amide bonds. The van der Waals surface area contributed by atoms with Crippen molar-refractivity contribution in [2.75, 3.05) is 26.7 Å². The van der Waals surface area contributed by atoms with Crippen molar-refractivity contribution in [1.29, 1.82) is 0 Å². The number of rotatable bonds is 11. The molecule has 1 atom stereocenters. The van der Waals surface area contributed by atoms with Gasteiger partial charge in [0.1, 0.15) is 0 Å². The van der Waals surface area contributed by atoms with Crippen molar-refractivity contribution in [3.8, 4) is 0 Å². The van der Waals surface area contributed by atoms with E-state index in [0.717, 1.165) is 12.0 Å². The van der Waals surface area contributed by atoms with E-state index in [1.54, 1.807) is 0 Å². The van der Waals surface area contributed by atoms with E-state index in [1.165, 1.54) is 83.8 Å². The van der Waals surface area contributed by atoms with Crippen molar-refractivity contribution in [3.63, 3.8) is 0 Å². The van der Waals surface area contributed by atoms with Crippen molar-refractivity contribution in [1.82, 2.24) is 10.2 Å². The molecule has 1 saturated carbocycles. The van der Waals surface area contributed by atoms with Gasteiger partial charge in [-0.3, -0.25) is 0 Å². The van der Waals surface area contributed by atoms with E-state index in [1.807, 2.05) is 0 Å². The Labute approximate surface area is 127 Å². The van der Waals surface area contributed by atoms with Gasteiger partial charge in [-0.2, -0.15) is 0 Å². The first-order chi connectivity index (χ1) is 9.77. The molecule has 0 aromatic rings. The molecule has 120 valence electrons. The van der Waals surface area contributed by atoms with Gasteiger partial charge in [0, 0.05) is 6.04 Å². The van der Waals surface area contributed by atoms with Crippen LogP contribution in [-0.4, -0.2) is 37.6 Å². The van der Waals surface area contributed by atoms with Crippen LogP contribution in [0.2, 0.25) is 0 Å². The van der Waals surface area contributed by atoms with Gasteiger partial charge in [0.25, 0.3) is 0 Å². The normalized spacial score (nSPS) is 18.6. The maximum atomic E-state index is 3.68. The van der Waals surface area contributed by atoms with Crippen LogP contribution in [0.25, 0.3) is 0 Å². The monoisotopic (exact) mass is 282 g/mol. The molecule has 2 nitrogen and oxygen atoms in total. The molecule has 1 N–H and O–H groups in total. The minimum atomic E-state index is 0.872. The van der Waals surface area contributed by atoms with Gasteiger partial charge in [-0.25, -0.2) is 0 Å². The van der Waals surface area contributed by atoms with Gasteiger partial charge in [-0.1, -0.05) is 52.4 Å². The maximum absolute atomic E-state index is 3.68. The molecule has 0 aliphatic heterocycles. The molecule has 1 unspecified atom stereocenters. The molecular formula is C18H38N2. The van der Waals surface area contributed by atoms with Gasteiger partial charge in [-0.15, -0.1) is 0 Å². The lowest BCUT2D eigenvalue weighted by Crippen LogP contribution is -2.35. The lowest BCUT2D eigenvalue weighted by atomic mass is 9.94.